The Morgan fingerprint density at radius 3 is 2.44 bits per heavy atom. The quantitative estimate of drug-likeness (QED) is 0.745. The Morgan fingerprint density at radius 1 is 1.15 bits per heavy atom. The molecular formula is C22H27ClN2O2. The van der Waals surface area contributed by atoms with Gasteiger partial charge in [0.25, 0.3) is 0 Å². The summed E-state index contributed by atoms with van der Waals surface area (Å²) in [5, 5.41) is 0.815. The fraction of sp³-hybridized carbons (Fsp3) is 0.409. The lowest BCUT2D eigenvalue weighted by Crippen LogP contribution is -2.40. The SMILES string of the molecule is COc1ccc(CN(C)C(=O)C2CCN(Cc3ccccc3Cl)CC2)cc1. The van der Waals surface area contributed by atoms with E-state index in [-0.39, 0.29) is 11.8 Å². The fourth-order valence-electron chi connectivity index (χ4n) is 3.60. The van der Waals surface area contributed by atoms with E-state index in [1.165, 1.54) is 0 Å². The Morgan fingerprint density at radius 2 is 1.81 bits per heavy atom. The zero-order valence-corrected chi connectivity index (χ0v) is 16.8. The van der Waals surface area contributed by atoms with Crippen molar-refractivity contribution in [3.8, 4) is 5.75 Å². The van der Waals surface area contributed by atoms with Crippen LogP contribution in [-0.2, 0) is 17.9 Å². The van der Waals surface area contributed by atoms with E-state index in [2.05, 4.69) is 11.0 Å². The first-order chi connectivity index (χ1) is 13.1. The van der Waals surface area contributed by atoms with E-state index >= 15 is 0 Å². The van der Waals surface area contributed by atoms with Crippen LogP contribution in [0.25, 0.3) is 0 Å². The van der Waals surface area contributed by atoms with Gasteiger partial charge in [0, 0.05) is 31.1 Å². The highest BCUT2D eigenvalue weighted by molar-refractivity contribution is 6.31. The summed E-state index contributed by atoms with van der Waals surface area (Å²) in [4.78, 5) is 17.0. The van der Waals surface area contributed by atoms with Crippen molar-refractivity contribution in [3.05, 3.63) is 64.7 Å². The third kappa shape index (κ3) is 5.24. The van der Waals surface area contributed by atoms with Gasteiger partial charge in [-0.2, -0.15) is 0 Å². The maximum Gasteiger partial charge on any atom is 0.225 e. The highest BCUT2D eigenvalue weighted by Gasteiger charge is 2.27. The molecule has 1 amide bonds. The summed E-state index contributed by atoms with van der Waals surface area (Å²) in [6.45, 7) is 3.33. The van der Waals surface area contributed by atoms with E-state index in [4.69, 9.17) is 16.3 Å². The number of likely N-dealkylation sites (tertiary alicyclic amines) is 1. The lowest BCUT2D eigenvalue weighted by atomic mass is 9.95. The van der Waals surface area contributed by atoms with Crippen molar-refractivity contribution >= 4 is 17.5 Å². The van der Waals surface area contributed by atoms with Gasteiger partial charge in [0.1, 0.15) is 5.75 Å². The molecule has 0 bridgehead atoms. The molecule has 0 spiro atoms. The van der Waals surface area contributed by atoms with Crippen molar-refractivity contribution in [1.29, 1.82) is 0 Å². The Hall–Kier alpha value is -2.04. The summed E-state index contributed by atoms with van der Waals surface area (Å²) in [6.07, 6.45) is 1.80. The largest absolute Gasteiger partial charge is 0.497 e. The lowest BCUT2D eigenvalue weighted by Gasteiger charge is -2.33. The second-order valence-electron chi connectivity index (χ2n) is 7.18. The average molecular weight is 387 g/mol. The monoisotopic (exact) mass is 386 g/mol. The standard InChI is InChI=1S/C22H27ClN2O2/c1-24(15-17-7-9-20(27-2)10-8-17)22(26)18-11-13-25(14-12-18)16-19-5-3-4-6-21(19)23/h3-10,18H,11-16H2,1-2H3. The molecule has 144 valence electrons. The fourth-order valence-corrected chi connectivity index (χ4v) is 3.80. The minimum Gasteiger partial charge on any atom is -0.497 e. The molecule has 0 saturated carbocycles. The maximum absolute atomic E-state index is 12.8. The molecule has 1 fully saturated rings. The molecule has 3 rings (SSSR count). The molecule has 1 aliphatic rings. The maximum atomic E-state index is 12.8. The molecule has 5 heteroatoms. The molecule has 0 aliphatic carbocycles. The third-order valence-electron chi connectivity index (χ3n) is 5.24. The van der Waals surface area contributed by atoms with Crippen LogP contribution in [-0.4, -0.2) is 43.0 Å². The number of methoxy groups -OCH3 is 1. The van der Waals surface area contributed by atoms with Gasteiger partial charge in [-0.05, 0) is 55.3 Å². The van der Waals surface area contributed by atoms with Crippen molar-refractivity contribution < 1.29 is 9.53 Å². The van der Waals surface area contributed by atoms with Crippen molar-refractivity contribution in [3.63, 3.8) is 0 Å². The normalized spacial score (nSPS) is 15.5. The van der Waals surface area contributed by atoms with Crippen LogP contribution in [0.5, 0.6) is 5.75 Å². The molecule has 0 N–H and O–H groups in total. The summed E-state index contributed by atoms with van der Waals surface area (Å²) in [7, 11) is 3.55. The molecule has 4 nitrogen and oxygen atoms in total. The predicted molar refractivity (Wildman–Crippen MR) is 109 cm³/mol. The van der Waals surface area contributed by atoms with Crippen LogP contribution in [0.3, 0.4) is 0 Å². The van der Waals surface area contributed by atoms with Gasteiger partial charge < -0.3 is 9.64 Å². The first-order valence-corrected chi connectivity index (χ1v) is 9.78. The van der Waals surface area contributed by atoms with Crippen LogP contribution in [0.1, 0.15) is 24.0 Å². The number of rotatable bonds is 6. The van der Waals surface area contributed by atoms with E-state index in [1.807, 2.05) is 54.4 Å². The van der Waals surface area contributed by atoms with Gasteiger partial charge in [-0.25, -0.2) is 0 Å². The number of hydrogen-bond donors (Lipinski definition) is 0. The molecule has 1 aliphatic heterocycles. The van der Waals surface area contributed by atoms with Crippen molar-refractivity contribution in [2.24, 2.45) is 5.92 Å². The molecule has 27 heavy (non-hydrogen) atoms. The molecule has 2 aromatic carbocycles. The van der Waals surface area contributed by atoms with Crippen LogP contribution in [0, 0.1) is 5.92 Å². The summed E-state index contributed by atoms with van der Waals surface area (Å²) >= 11 is 6.26. The lowest BCUT2D eigenvalue weighted by molar-refractivity contribution is -0.136. The average Bonchev–Trinajstić information content (AvgIpc) is 2.70. The number of hydrogen-bond acceptors (Lipinski definition) is 3. The van der Waals surface area contributed by atoms with Crippen molar-refractivity contribution in [1.82, 2.24) is 9.80 Å². The number of ether oxygens (including phenoxy) is 1. The van der Waals surface area contributed by atoms with Gasteiger partial charge in [-0.1, -0.05) is 41.9 Å². The van der Waals surface area contributed by atoms with Crippen LogP contribution in [0.2, 0.25) is 5.02 Å². The van der Waals surface area contributed by atoms with Crippen LogP contribution >= 0.6 is 11.6 Å². The summed E-state index contributed by atoms with van der Waals surface area (Å²) in [5.74, 6) is 1.18. The number of carbonyl (C=O) groups is 1. The van der Waals surface area contributed by atoms with Crippen molar-refractivity contribution in [2.45, 2.75) is 25.9 Å². The minimum absolute atomic E-state index is 0.107. The summed E-state index contributed by atoms with van der Waals surface area (Å²) < 4.78 is 5.18. The second-order valence-corrected chi connectivity index (χ2v) is 7.59. The minimum atomic E-state index is 0.107. The number of halogens is 1. The predicted octanol–water partition coefficient (Wildman–Crippen LogP) is 4.22. The van der Waals surface area contributed by atoms with Gasteiger partial charge in [0.05, 0.1) is 7.11 Å². The van der Waals surface area contributed by atoms with E-state index in [0.717, 1.165) is 54.4 Å². The van der Waals surface area contributed by atoms with Gasteiger partial charge in [0.2, 0.25) is 5.91 Å². The summed E-state index contributed by atoms with van der Waals surface area (Å²) in [5.41, 5.74) is 2.27. The van der Waals surface area contributed by atoms with E-state index in [0.29, 0.717) is 6.54 Å². The molecule has 1 saturated heterocycles. The molecule has 0 radical (unpaired) electrons. The third-order valence-corrected chi connectivity index (χ3v) is 5.61. The Balaban J connectivity index is 1.49. The zero-order chi connectivity index (χ0) is 19.2. The second kappa shape index (κ2) is 9.25. The number of nitrogens with zero attached hydrogens (tertiary/aromatic N) is 2. The zero-order valence-electron chi connectivity index (χ0n) is 16.0. The molecular weight excluding hydrogens is 360 g/mol. The molecule has 0 unspecified atom stereocenters. The van der Waals surface area contributed by atoms with Gasteiger partial charge in [0.15, 0.2) is 0 Å². The van der Waals surface area contributed by atoms with Gasteiger partial charge >= 0.3 is 0 Å². The van der Waals surface area contributed by atoms with Crippen LogP contribution in [0.4, 0.5) is 0 Å². The number of benzene rings is 2. The first-order valence-electron chi connectivity index (χ1n) is 9.40. The number of amides is 1. The first kappa shape index (κ1) is 19.7. The van der Waals surface area contributed by atoms with Crippen LogP contribution < -0.4 is 4.74 Å². The molecule has 1 heterocycles. The van der Waals surface area contributed by atoms with Crippen molar-refractivity contribution in [2.75, 3.05) is 27.2 Å². The number of carbonyl (C=O) groups excluding carboxylic acids is 1. The van der Waals surface area contributed by atoms with E-state index < -0.39 is 0 Å². The molecule has 0 atom stereocenters. The van der Waals surface area contributed by atoms with E-state index in [9.17, 15) is 4.79 Å². The van der Waals surface area contributed by atoms with Gasteiger partial charge in [-0.3, -0.25) is 9.69 Å². The topological polar surface area (TPSA) is 32.8 Å². The summed E-state index contributed by atoms with van der Waals surface area (Å²) in [6, 6.07) is 15.9. The Bertz CT molecular complexity index is 755. The van der Waals surface area contributed by atoms with E-state index in [1.54, 1.807) is 7.11 Å². The Kier molecular flexibility index (Phi) is 6.75. The number of piperidine rings is 1. The molecule has 2 aromatic rings. The Labute approximate surface area is 166 Å². The van der Waals surface area contributed by atoms with Gasteiger partial charge in [-0.15, -0.1) is 0 Å². The molecule has 0 aromatic heterocycles. The smallest absolute Gasteiger partial charge is 0.225 e. The highest BCUT2D eigenvalue weighted by Crippen LogP contribution is 2.24. The van der Waals surface area contributed by atoms with Crippen LogP contribution in [0.15, 0.2) is 48.5 Å². The highest BCUT2D eigenvalue weighted by atomic mass is 35.5.